The van der Waals surface area contributed by atoms with E-state index in [2.05, 4.69) is 27.6 Å². The van der Waals surface area contributed by atoms with E-state index in [-0.39, 0.29) is 12.3 Å². The van der Waals surface area contributed by atoms with Gasteiger partial charge >= 0.3 is 0 Å². The molecule has 0 spiro atoms. The van der Waals surface area contributed by atoms with E-state index in [1.807, 2.05) is 41.0 Å². The molecule has 0 saturated heterocycles. The molecule has 6 heteroatoms. The maximum absolute atomic E-state index is 11.4. The van der Waals surface area contributed by atoms with Crippen molar-refractivity contribution in [1.29, 1.82) is 5.26 Å². The molecule has 0 unspecified atom stereocenters. The molecule has 1 aromatic heterocycles. The minimum atomic E-state index is -0.322. The van der Waals surface area contributed by atoms with E-state index in [0.29, 0.717) is 12.2 Å². The summed E-state index contributed by atoms with van der Waals surface area (Å²) in [7, 11) is 0. The lowest BCUT2D eigenvalue weighted by molar-refractivity contribution is -0.115. The second kappa shape index (κ2) is 7.20. The van der Waals surface area contributed by atoms with Crippen LogP contribution in [0.5, 0.6) is 0 Å². The molecule has 0 radical (unpaired) electrons. The topological polar surface area (TPSA) is 83.6 Å². The Morgan fingerprint density at radius 1 is 1.12 bits per heavy atom. The molecule has 0 aliphatic heterocycles. The molecular weight excluding hydrogens is 302 g/mol. The molecule has 1 heterocycles. The summed E-state index contributed by atoms with van der Waals surface area (Å²) in [5.74, 6) is 0.436. The third kappa shape index (κ3) is 3.65. The van der Waals surface area contributed by atoms with E-state index < -0.39 is 0 Å². The third-order valence-electron chi connectivity index (χ3n) is 3.48. The first-order valence-corrected chi connectivity index (χ1v) is 7.45. The molecule has 1 amide bonds. The summed E-state index contributed by atoms with van der Waals surface area (Å²) in [5.41, 5.74) is 2.72. The molecule has 0 aliphatic carbocycles. The smallest absolute Gasteiger partial charge is 0.238 e. The Hall–Kier alpha value is -3.46. The number of rotatable bonds is 5. The number of nitrogens with zero attached hydrogens (tertiary/aromatic N) is 4. The first-order valence-electron chi connectivity index (χ1n) is 7.45. The Morgan fingerprint density at radius 2 is 1.88 bits per heavy atom. The van der Waals surface area contributed by atoms with Crippen LogP contribution in [0.15, 0.2) is 60.9 Å². The summed E-state index contributed by atoms with van der Waals surface area (Å²) >= 11 is 0. The zero-order valence-electron chi connectivity index (χ0n) is 12.9. The van der Waals surface area contributed by atoms with Gasteiger partial charge in [-0.05, 0) is 29.8 Å². The number of aromatic nitrogens is 3. The minimum Gasteiger partial charge on any atom is -0.325 e. The van der Waals surface area contributed by atoms with Crippen LogP contribution >= 0.6 is 0 Å². The summed E-state index contributed by atoms with van der Waals surface area (Å²) in [6, 6.07) is 19.2. The molecule has 6 nitrogen and oxygen atoms in total. The molecule has 1 N–H and O–H groups in total. The Kier molecular flexibility index (Phi) is 4.63. The van der Waals surface area contributed by atoms with Crippen molar-refractivity contribution < 1.29 is 4.79 Å². The Balaban J connectivity index is 1.77. The van der Waals surface area contributed by atoms with E-state index in [9.17, 15) is 4.79 Å². The Bertz CT molecular complexity index is 862. The maximum Gasteiger partial charge on any atom is 0.238 e. The zero-order valence-corrected chi connectivity index (χ0v) is 12.9. The lowest BCUT2D eigenvalue weighted by atomic mass is 10.1. The van der Waals surface area contributed by atoms with Crippen molar-refractivity contribution >= 4 is 11.6 Å². The quantitative estimate of drug-likeness (QED) is 0.784. The van der Waals surface area contributed by atoms with Gasteiger partial charge in [-0.2, -0.15) is 5.26 Å². The second-order valence-corrected chi connectivity index (χ2v) is 5.23. The minimum absolute atomic E-state index is 0.160. The van der Waals surface area contributed by atoms with Gasteiger partial charge in [-0.25, -0.2) is 0 Å². The van der Waals surface area contributed by atoms with E-state index in [0.717, 1.165) is 11.4 Å². The molecule has 0 fully saturated rings. The zero-order chi connectivity index (χ0) is 16.8. The summed E-state index contributed by atoms with van der Waals surface area (Å²) in [6.45, 7) is 0.684. The number of anilines is 1. The average Bonchev–Trinajstić information content (AvgIpc) is 3.05. The van der Waals surface area contributed by atoms with E-state index in [4.69, 9.17) is 5.26 Å². The van der Waals surface area contributed by atoms with Gasteiger partial charge in [-0.3, -0.25) is 4.79 Å². The molecule has 24 heavy (non-hydrogen) atoms. The van der Waals surface area contributed by atoms with Crippen molar-refractivity contribution in [3.63, 3.8) is 0 Å². The largest absolute Gasteiger partial charge is 0.325 e. The molecule has 2 aromatic carbocycles. The fourth-order valence-corrected chi connectivity index (χ4v) is 2.35. The van der Waals surface area contributed by atoms with Crippen LogP contribution in [0.3, 0.4) is 0 Å². The summed E-state index contributed by atoms with van der Waals surface area (Å²) in [4.78, 5) is 11.4. The van der Waals surface area contributed by atoms with E-state index in [1.54, 1.807) is 18.5 Å². The fraction of sp³-hybridized carbons (Fsp3) is 0.111. The van der Waals surface area contributed by atoms with Crippen LogP contribution in [-0.2, 0) is 11.3 Å². The first-order chi connectivity index (χ1) is 11.8. The van der Waals surface area contributed by atoms with Crippen LogP contribution in [0.2, 0.25) is 0 Å². The molecule has 3 aromatic rings. The SMILES string of the molecule is N#CCC(=O)Nc1ccc(-c2nncn2Cc2ccccc2)cc1. The maximum atomic E-state index is 11.4. The van der Waals surface area contributed by atoms with Crippen molar-refractivity contribution in [2.24, 2.45) is 0 Å². The van der Waals surface area contributed by atoms with Gasteiger partial charge in [0.25, 0.3) is 0 Å². The van der Waals surface area contributed by atoms with Crippen LogP contribution in [-0.4, -0.2) is 20.7 Å². The highest BCUT2D eigenvalue weighted by molar-refractivity contribution is 5.92. The van der Waals surface area contributed by atoms with Crippen molar-refractivity contribution in [2.75, 3.05) is 5.32 Å². The van der Waals surface area contributed by atoms with Crippen molar-refractivity contribution in [2.45, 2.75) is 13.0 Å². The second-order valence-electron chi connectivity index (χ2n) is 5.23. The van der Waals surface area contributed by atoms with Crippen LogP contribution in [0.4, 0.5) is 5.69 Å². The van der Waals surface area contributed by atoms with Gasteiger partial charge < -0.3 is 9.88 Å². The number of nitriles is 1. The fourth-order valence-electron chi connectivity index (χ4n) is 2.35. The molecule has 0 aliphatic rings. The Labute approximate surface area is 139 Å². The third-order valence-corrected chi connectivity index (χ3v) is 3.48. The molecule has 0 saturated carbocycles. The molecule has 3 rings (SSSR count). The highest BCUT2D eigenvalue weighted by Gasteiger charge is 2.08. The predicted octanol–water partition coefficient (Wildman–Crippen LogP) is 2.85. The lowest BCUT2D eigenvalue weighted by Crippen LogP contribution is -2.09. The highest BCUT2D eigenvalue weighted by atomic mass is 16.1. The van der Waals surface area contributed by atoms with Crippen LogP contribution in [0, 0.1) is 11.3 Å². The highest BCUT2D eigenvalue weighted by Crippen LogP contribution is 2.20. The van der Waals surface area contributed by atoms with Crippen LogP contribution in [0.1, 0.15) is 12.0 Å². The number of hydrogen-bond donors (Lipinski definition) is 1. The van der Waals surface area contributed by atoms with Crippen molar-refractivity contribution in [1.82, 2.24) is 14.8 Å². The van der Waals surface area contributed by atoms with Gasteiger partial charge in [0.15, 0.2) is 5.82 Å². The number of carbonyl (C=O) groups is 1. The van der Waals surface area contributed by atoms with Gasteiger partial charge in [0.1, 0.15) is 12.7 Å². The van der Waals surface area contributed by atoms with E-state index in [1.165, 1.54) is 5.56 Å². The summed E-state index contributed by atoms with van der Waals surface area (Å²) < 4.78 is 1.97. The van der Waals surface area contributed by atoms with E-state index >= 15 is 0 Å². The van der Waals surface area contributed by atoms with Crippen LogP contribution < -0.4 is 5.32 Å². The molecule has 0 atom stereocenters. The van der Waals surface area contributed by atoms with Gasteiger partial charge in [-0.15, -0.1) is 10.2 Å². The number of hydrogen-bond acceptors (Lipinski definition) is 4. The number of amides is 1. The summed E-state index contributed by atoms with van der Waals surface area (Å²) in [6.07, 6.45) is 1.54. The normalized spacial score (nSPS) is 10.1. The van der Waals surface area contributed by atoms with Gasteiger partial charge in [0.2, 0.25) is 5.91 Å². The van der Waals surface area contributed by atoms with Crippen molar-refractivity contribution in [3.8, 4) is 17.5 Å². The average molecular weight is 317 g/mol. The Morgan fingerprint density at radius 3 is 2.58 bits per heavy atom. The first kappa shape index (κ1) is 15.4. The molecular formula is C18H15N5O. The van der Waals surface area contributed by atoms with Crippen LogP contribution in [0.25, 0.3) is 11.4 Å². The van der Waals surface area contributed by atoms with Gasteiger partial charge in [0, 0.05) is 11.3 Å². The number of benzene rings is 2. The predicted molar refractivity (Wildman–Crippen MR) is 89.9 cm³/mol. The molecule has 0 bridgehead atoms. The number of nitrogens with one attached hydrogen (secondary N) is 1. The van der Waals surface area contributed by atoms with Crippen molar-refractivity contribution in [3.05, 3.63) is 66.5 Å². The van der Waals surface area contributed by atoms with Gasteiger partial charge in [-0.1, -0.05) is 30.3 Å². The number of carbonyl (C=O) groups excluding carboxylic acids is 1. The lowest BCUT2D eigenvalue weighted by Gasteiger charge is -2.08. The van der Waals surface area contributed by atoms with Gasteiger partial charge in [0.05, 0.1) is 12.6 Å². The molecule has 118 valence electrons. The monoisotopic (exact) mass is 317 g/mol. The summed E-state index contributed by atoms with van der Waals surface area (Å²) in [5, 5.41) is 19.4. The standard InChI is InChI=1S/C18H15N5O/c19-11-10-17(24)21-16-8-6-15(7-9-16)18-22-20-13-23(18)12-14-4-2-1-3-5-14/h1-9,13H,10,12H2,(H,21,24).